The number of phenols is 2. The smallest absolute Gasteiger partial charge is 0.128 e. The second kappa shape index (κ2) is 11.4. The molecule has 208 valence electrons. The Balaban J connectivity index is 1.95. The van der Waals surface area contributed by atoms with E-state index in [1.807, 2.05) is 52.8 Å². The lowest BCUT2D eigenvalue weighted by molar-refractivity contribution is 0.390. The number of aromatic hydroxyl groups is 2. The molecule has 6 nitrogen and oxygen atoms in total. The van der Waals surface area contributed by atoms with E-state index in [0.717, 1.165) is 59.3 Å². The second-order valence-corrected chi connectivity index (χ2v) is 13.1. The Labute approximate surface area is 230 Å². The number of aliphatic imine (C=N–C) groups is 2. The van der Waals surface area contributed by atoms with Crippen LogP contribution in [0.3, 0.4) is 0 Å². The Morgan fingerprint density at radius 1 is 0.658 bits per heavy atom. The van der Waals surface area contributed by atoms with Crippen LogP contribution in [0.1, 0.15) is 89.5 Å². The number of hydrogen-bond acceptors (Lipinski definition) is 6. The number of rotatable bonds is 6. The first-order valence-electron chi connectivity index (χ1n) is 13.8. The lowest BCUT2D eigenvalue weighted by atomic mass is 9.84. The van der Waals surface area contributed by atoms with Gasteiger partial charge in [-0.2, -0.15) is 0 Å². The van der Waals surface area contributed by atoms with Crippen LogP contribution in [0, 0.1) is 0 Å². The highest BCUT2D eigenvalue weighted by atomic mass is 16.3. The van der Waals surface area contributed by atoms with E-state index in [4.69, 9.17) is 9.98 Å². The predicted octanol–water partition coefficient (Wildman–Crippen LogP) is 6.67. The minimum absolute atomic E-state index is 0.0294. The van der Waals surface area contributed by atoms with E-state index in [1.165, 1.54) is 0 Å². The van der Waals surface area contributed by atoms with Crippen LogP contribution in [0.5, 0.6) is 11.5 Å². The molecule has 1 fully saturated rings. The van der Waals surface area contributed by atoms with E-state index >= 15 is 0 Å². The minimum Gasteiger partial charge on any atom is -0.507 e. The summed E-state index contributed by atoms with van der Waals surface area (Å²) < 4.78 is 0. The number of benzene rings is 2. The van der Waals surface area contributed by atoms with Crippen molar-refractivity contribution in [2.45, 2.75) is 90.1 Å². The highest BCUT2D eigenvalue weighted by Crippen LogP contribution is 2.38. The Morgan fingerprint density at radius 2 is 1.00 bits per heavy atom. The van der Waals surface area contributed by atoms with Crippen molar-refractivity contribution in [2.75, 3.05) is 38.0 Å². The zero-order valence-corrected chi connectivity index (χ0v) is 25.1. The lowest BCUT2D eigenvalue weighted by Crippen LogP contribution is -2.27. The van der Waals surface area contributed by atoms with Gasteiger partial charge in [-0.25, -0.2) is 0 Å². The molecule has 38 heavy (non-hydrogen) atoms. The van der Waals surface area contributed by atoms with Gasteiger partial charge in [-0.15, -0.1) is 0 Å². The standard InChI is InChI=1S/C32H48N4O2/c1-31(2,3)25-17-23(35(7)8)15-21(29(25)37)19-33-27-13-11-12-14-28(27)34-20-22-16-24(36(9)10)18-26(30(22)38)32(4,5)6/h15-20,27-28,37-38H,11-14H2,1-10H3/t27-,28-/m1/s1. The maximum absolute atomic E-state index is 11.1. The zero-order chi connectivity index (χ0) is 28.4. The summed E-state index contributed by atoms with van der Waals surface area (Å²) in [4.78, 5) is 14.0. The molecule has 0 saturated heterocycles. The SMILES string of the molecule is CN(C)c1cc(C=N[C@@H]2CCCC[C@H]2N=Cc2cc(N(C)C)cc(C(C)(C)C)c2O)c(O)c(C(C)(C)C)c1. The fourth-order valence-corrected chi connectivity index (χ4v) is 4.93. The number of hydrogen-bond donors (Lipinski definition) is 2. The number of phenolic OH excluding ortho intramolecular Hbond substituents is 2. The largest absolute Gasteiger partial charge is 0.507 e. The van der Waals surface area contributed by atoms with Gasteiger partial charge in [0.25, 0.3) is 0 Å². The molecule has 0 amide bonds. The summed E-state index contributed by atoms with van der Waals surface area (Å²) in [7, 11) is 8.05. The molecule has 0 aliphatic heterocycles. The van der Waals surface area contributed by atoms with Crippen molar-refractivity contribution in [1.29, 1.82) is 0 Å². The number of anilines is 2. The fourth-order valence-electron chi connectivity index (χ4n) is 4.93. The predicted molar refractivity (Wildman–Crippen MR) is 163 cm³/mol. The molecule has 0 spiro atoms. The Hall–Kier alpha value is -3.02. The van der Waals surface area contributed by atoms with Gasteiger partial charge in [-0.1, -0.05) is 54.4 Å². The molecule has 1 saturated carbocycles. The Morgan fingerprint density at radius 3 is 1.29 bits per heavy atom. The van der Waals surface area contributed by atoms with Crippen molar-refractivity contribution in [3.05, 3.63) is 46.5 Å². The minimum atomic E-state index is -0.189. The van der Waals surface area contributed by atoms with Crippen molar-refractivity contribution in [3.63, 3.8) is 0 Å². The average molecular weight is 521 g/mol. The van der Waals surface area contributed by atoms with E-state index in [2.05, 4.69) is 63.5 Å². The molecule has 1 aliphatic carbocycles. The lowest BCUT2D eigenvalue weighted by Gasteiger charge is -2.27. The summed E-state index contributed by atoms with van der Waals surface area (Å²) in [5.74, 6) is 0.589. The summed E-state index contributed by atoms with van der Waals surface area (Å²) in [6.45, 7) is 12.7. The van der Waals surface area contributed by atoms with Gasteiger partial charge in [0.05, 0.1) is 12.1 Å². The Bertz CT molecular complexity index is 1090. The van der Waals surface area contributed by atoms with Gasteiger partial charge in [-0.05, 0) is 47.9 Å². The van der Waals surface area contributed by atoms with Gasteiger partial charge in [-0.3, -0.25) is 9.98 Å². The maximum Gasteiger partial charge on any atom is 0.128 e. The molecule has 3 rings (SSSR count). The normalized spacial score (nSPS) is 18.9. The second-order valence-electron chi connectivity index (χ2n) is 13.1. The molecule has 6 heteroatoms. The van der Waals surface area contributed by atoms with Crippen LogP contribution in [0.15, 0.2) is 34.3 Å². The summed E-state index contributed by atoms with van der Waals surface area (Å²) in [6.07, 6.45) is 7.79. The van der Waals surface area contributed by atoms with Crippen molar-refractivity contribution in [2.24, 2.45) is 9.98 Å². The molecule has 0 bridgehead atoms. The van der Waals surface area contributed by atoms with Crippen LogP contribution in [0.2, 0.25) is 0 Å². The molecular formula is C32H48N4O2. The quantitative estimate of drug-likeness (QED) is 0.417. The van der Waals surface area contributed by atoms with Crippen LogP contribution in [0.4, 0.5) is 11.4 Å². The van der Waals surface area contributed by atoms with Crippen LogP contribution in [-0.2, 0) is 10.8 Å². The van der Waals surface area contributed by atoms with Gasteiger partial charge in [0, 0.05) is 74.2 Å². The first-order valence-corrected chi connectivity index (χ1v) is 13.8. The topological polar surface area (TPSA) is 71.7 Å². The van der Waals surface area contributed by atoms with Gasteiger partial charge in [0.2, 0.25) is 0 Å². The highest BCUT2D eigenvalue weighted by molar-refractivity contribution is 5.88. The number of nitrogens with zero attached hydrogens (tertiary/aromatic N) is 4. The van der Waals surface area contributed by atoms with Crippen molar-refractivity contribution < 1.29 is 10.2 Å². The van der Waals surface area contributed by atoms with Crippen molar-refractivity contribution in [3.8, 4) is 11.5 Å². The van der Waals surface area contributed by atoms with E-state index in [1.54, 1.807) is 0 Å². The third-order valence-corrected chi connectivity index (χ3v) is 7.40. The fraction of sp³-hybridized carbons (Fsp3) is 0.562. The molecule has 2 atom stereocenters. The van der Waals surface area contributed by atoms with E-state index < -0.39 is 0 Å². The van der Waals surface area contributed by atoms with Gasteiger partial charge in [0.15, 0.2) is 0 Å². The molecular weight excluding hydrogens is 472 g/mol. The monoisotopic (exact) mass is 520 g/mol. The average Bonchev–Trinajstić information content (AvgIpc) is 2.81. The third-order valence-electron chi connectivity index (χ3n) is 7.40. The summed E-state index contributed by atoms with van der Waals surface area (Å²) in [5.41, 5.74) is 5.00. The molecule has 2 aromatic carbocycles. The van der Waals surface area contributed by atoms with Crippen LogP contribution < -0.4 is 9.80 Å². The van der Waals surface area contributed by atoms with Crippen LogP contribution >= 0.6 is 0 Å². The maximum atomic E-state index is 11.1. The summed E-state index contributed by atoms with van der Waals surface area (Å²) in [5, 5.41) is 22.2. The van der Waals surface area contributed by atoms with Crippen molar-refractivity contribution >= 4 is 23.8 Å². The highest BCUT2D eigenvalue weighted by Gasteiger charge is 2.26. The van der Waals surface area contributed by atoms with Crippen LogP contribution in [0.25, 0.3) is 0 Å². The molecule has 2 aromatic rings. The molecule has 0 aromatic heterocycles. The van der Waals surface area contributed by atoms with Crippen molar-refractivity contribution in [1.82, 2.24) is 0 Å². The first-order chi connectivity index (χ1) is 17.6. The third kappa shape index (κ3) is 6.89. The zero-order valence-electron chi connectivity index (χ0n) is 25.1. The van der Waals surface area contributed by atoms with E-state index in [-0.39, 0.29) is 22.9 Å². The Kier molecular flexibility index (Phi) is 8.85. The summed E-state index contributed by atoms with van der Waals surface area (Å²) in [6, 6.07) is 8.16. The summed E-state index contributed by atoms with van der Waals surface area (Å²) >= 11 is 0. The van der Waals surface area contributed by atoms with Crippen LogP contribution in [-0.4, -0.2) is 62.9 Å². The first kappa shape index (κ1) is 29.5. The van der Waals surface area contributed by atoms with Gasteiger partial charge < -0.3 is 20.0 Å². The molecule has 0 heterocycles. The van der Waals surface area contributed by atoms with E-state index in [0.29, 0.717) is 11.5 Å². The molecule has 1 aliphatic rings. The molecule has 0 radical (unpaired) electrons. The van der Waals surface area contributed by atoms with E-state index in [9.17, 15) is 10.2 Å². The van der Waals surface area contributed by atoms with Gasteiger partial charge in [0.1, 0.15) is 11.5 Å². The molecule has 0 unspecified atom stereocenters. The molecule has 2 N–H and O–H groups in total. The van der Waals surface area contributed by atoms with Gasteiger partial charge >= 0.3 is 0 Å².